The first-order valence-corrected chi connectivity index (χ1v) is 8.93. The Kier molecular flexibility index (Phi) is 11.0. The molecule has 0 fully saturated rings. The van der Waals surface area contributed by atoms with Crippen LogP contribution in [0.1, 0.15) is 22.3 Å². The number of benzene rings is 1. The number of ether oxygens (including phenoxy) is 1. The van der Waals surface area contributed by atoms with Crippen molar-refractivity contribution in [2.24, 2.45) is 4.99 Å². The highest BCUT2D eigenvalue weighted by Gasteiger charge is 2.27. The van der Waals surface area contributed by atoms with Gasteiger partial charge >= 0.3 is 6.18 Å². The lowest BCUT2D eigenvalue weighted by Gasteiger charge is -2.13. The Balaban J connectivity index is 0.00000420. The molecule has 0 radical (unpaired) electrons. The van der Waals surface area contributed by atoms with Crippen LogP contribution in [0, 0.1) is 6.92 Å². The Morgan fingerprint density at radius 3 is 2.41 bits per heavy atom. The van der Waals surface area contributed by atoms with Crippen LogP contribution in [0.2, 0.25) is 0 Å². The molecular formula is C20H26F3IN4O. The van der Waals surface area contributed by atoms with E-state index in [-0.39, 0.29) is 30.6 Å². The largest absolute Gasteiger partial charge is 0.411 e. The lowest BCUT2D eigenvalue weighted by atomic mass is 10.1. The highest BCUT2D eigenvalue weighted by atomic mass is 127. The zero-order valence-corrected chi connectivity index (χ0v) is 18.8. The van der Waals surface area contributed by atoms with E-state index in [2.05, 4.69) is 25.3 Å². The van der Waals surface area contributed by atoms with Crippen molar-refractivity contribution < 1.29 is 17.9 Å². The van der Waals surface area contributed by atoms with Crippen molar-refractivity contribution in [1.29, 1.82) is 0 Å². The molecule has 0 amide bonds. The second-order valence-electron chi connectivity index (χ2n) is 6.33. The average Bonchev–Trinajstić information content (AvgIpc) is 2.66. The number of nitrogens with one attached hydrogen (secondary N) is 2. The van der Waals surface area contributed by atoms with Crippen molar-refractivity contribution in [3.63, 3.8) is 0 Å². The second-order valence-corrected chi connectivity index (χ2v) is 6.33. The smallest absolute Gasteiger partial charge is 0.367 e. The van der Waals surface area contributed by atoms with E-state index in [0.29, 0.717) is 18.1 Å². The molecule has 0 spiro atoms. The minimum Gasteiger partial charge on any atom is -0.367 e. The van der Waals surface area contributed by atoms with Gasteiger partial charge in [-0.2, -0.15) is 13.2 Å². The predicted molar refractivity (Wildman–Crippen MR) is 118 cm³/mol. The van der Waals surface area contributed by atoms with E-state index in [1.165, 1.54) is 5.56 Å². The van der Waals surface area contributed by atoms with Gasteiger partial charge in [-0.25, -0.2) is 0 Å². The summed E-state index contributed by atoms with van der Waals surface area (Å²) in [6.45, 7) is 2.02. The molecule has 29 heavy (non-hydrogen) atoms. The summed E-state index contributed by atoms with van der Waals surface area (Å²) in [5.74, 6) is 0.685. The van der Waals surface area contributed by atoms with E-state index in [9.17, 15) is 13.2 Å². The van der Waals surface area contributed by atoms with Crippen LogP contribution in [-0.2, 0) is 24.3 Å². The van der Waals surface area contributed by atoms with Crippen molar-refractivity contribution in [3.8, 4) is 0 Å². The molecule has 9 heteroatoms. The molecule has 1 aromatic carbocycles. The maximum absolute atomic E-state index is 12.1. The zero-order valence-electron chi connectivity index (χ0n) is 16.4. The number of hydrogen-bond donors (Lipinski definition) is 2. The predicted octanol–water partition coefficient (Wildman–Crippen LogP) is 3.99. The van der Waals surface area contributed by atoms with Gasteiger partial charge in [-0.3, -0.25) is 9.98 Å². The maximum atomic E-state index is 12.1. The molecule has 160 valence electrons. The van der Waals surface area contributed by atoms with Gasteiger partial charge in [0.05, 0.1) is 6.61 Å². The van der Waals surface area contributed by atoms with Gasteiger partial charge in [-0.1, -0.05) is 24.3 Å². The van der Waals surface area contributed by atoms with Crippen LogP contribution in [0.25, 0.3) is 0 Å². The Labute approximate surface area is 186 Å². The average molecular weight is 522 g/mol. The third-order valence-electron chi connectivity index (χ3n) is 4.06. The van der Waals surface area contributed by atoms with Gasteiger partial charge in [-0.05, 0) is 41.7 Å². The Morgan fingerprint density at radius 1 is 1.10 bits per heavy atom. The van der Waals surface area contributed by atoms with Crippen LogP contribution in [0.3, 0.4) is 0 Å². The number of hydrogen-bond acceptors (Lipinski definition) is 3. The summed E-state index contributed by atoms with van der Waals surface area (Å²) in [7, 11) is 1.70. The van der Waals surface area contributed by atoms with Crippen LogP contribution in [0.5, 0.6) is 0 Å². The molecule has 5 nitrogen and oxygen atoms in total. The number of nitrogens with zero attached hydrogens (tertiary/aromatic N) is 2. The van der Waals surface area contributed by atoms with E-state index < -0.39 is 12.8 Å². The van der Waals surface area contributed by atoms with E-state index in [0.717, 1.165) is 24.1 Å². The van der Waals surface area contributed by atoms with Crippen molar-refractivity contribution in [2.75, 3.05) is 20.2 Å². The monoisotopic (exact) mass is 522 g/mol. The summed E-state index contributed by atoms with van der Waals surface area (Å²) < 4.78 is 40.9. The molecule has 1 aromatic heterocycles. The molecule has 0 aliphatic heterocycles. The van der Waals surface area contributed by atoms with Crippen LogP contribution in [0.4, 0.5) is 13.2 Å². The highest BCUT2D eigenvalue weighted by Crippen LogP contribution is 2.15. The van der Waals surface area contributed by atoms with Crippen LogP contribution in [-0.4, -0.2) is 37.3 Å². The van der Waals surface area contributed by atoms with Crippen LogP contribution in [0.15, 0.2) is 47.7 Å². The molecule has 0 unspecified atom stereocenters. The Bertz CT molecular complexity index is 767. The molecule has 0 saturated heterocycles. The van der Waals surface area contributed by atoms with Gasteiger partial charge in [0, 0.05) is 32.5 Å². The van der Waals surface area contributed by atoms with Gasteiger partial charge in [0.15, 0.2) is 5.96 Å². The fraction of sp³-hybridized carbons (Fsp3) is 0.400. The lowest BCUT2D eigenvalue weighted by Crippen LogP contribution is -2.37. The molecular weight excluding hydrogens is 496 g/mol. The number of halogens is 4. The quantitative estimate of drug-likeness (QED) is 0.313. The number of pyridine rings is 1. The third kappa shape index (κ3) is 9.93. The van der Waals surface area contributed by atoms with Gasteiger partial charge in [0.2, 0.25) is 0 Å². The third-order valence-corrected chi connectivity index (χ3v) is 4.06. The number of guanidine groups is 1. The molecule has 0 aliphatic carbocycles. The minimum absolute atomic E-state index is 0. The van der Waals surface area contributed by atoms with E-state index in [1.54, 1.807) is 25.4 Å². The lowest BCUT2D eigenvalue weighted by molar-refractivity contribution is -0.176. The fourth-order valence-corrected chi connectivity index (χ4v) is 2.54. The highest BCUT2D eigenvalue weighted by molar-refractivity contribution is 14.0. The Morgan fingerprint density at radius 2 is 1.79 bits per heavy atom. The summed E-state index contributed by atoms with van der Waals surface area (Å²) >= 11 is 0. The van der Waals surface area contributed by atoms with E-state index in [1.807, 2.05) is 31.3 Å². The number of alkyl halides is 3. The summed E-state index contributed by atoms with van der Waals surface area (Å²) in [5.41, 5.74) is 4.09. The maximum Gasteiger partial charge on any atom is 0.411 e. The fourth-order valence-electron chi connectivity index (χ4n) is 2.54. The Hall–Kier alpha value is -1.88. The summed E-state index contributed by atoms with van der Waals surface area (Å²) in [6.07, 6.45) is 0.192. The minimum atomic E-state index is -4.30. The van der Waals surface area contributed by atoms with Crippen molar-refractivity contribution >= 4 is 29.9 Å². The van der Waals surface area contributed by atoms with Gasteiger partial charge in [0.1, 0.15) is 6.61 Å². The summed E-state index contributed by atoms with van der Waals surface area (Å²) in [4.78, 5) is 8.28. The molecule has 0 bridgehead atoms. The van der Waals surface area contributed by atoms with E-state index >= 15 is 0 Å². The normalized spacial score (nSPS) is 11.7. The first-order valence-electron chi connectivity index (χ1n) is 8.93. The van der Waals surface area contributed by atoms with Crippen molar-refractivity contribution in [1.82, 2.24) is 15.6 Å². The van der Waals surface area contributed by atoms with Crippen molar-refractivity contribution in [2.45, 2.75) is 32.7 Å². The van der Waals surface area contributed by atoms with Gasteiger partial charge < -0.3 is 15.4 Å². The molecule has 2 aromatic rings. The topological polar surface area (TPSA) is 58.5 Å². The molecule has 0 saturated carbocycles. The number of aryl methyl sites for hydroxylation is 1. The summed E-state index contributed by atoms with van der Waals surface area (Å²) in [5, 5.41) is 6.48. The number of aliphatic imine (C=N–C) groups is 1. The van der Waals surface area contributed by atoms with Gasteiger partial charge in [-0.15, -0.1) is 24.0 Å². The van der Waals surface area contributed by atoms with Crippen LogP contribution < -0.4 is 10.6 Å². The first-order chi connectivity index (χ1) is 13.4. The molecule has 2 N–H and O–H groups in total. The zero-order chi connectivity index (χ0) is 20.4. The SMILES string of the molecule is CN=C(NCCc1ccncc1C)NCc1ccc(COCC(F)(F)F)cc1.I. The first kappa shape index (κ1) is 25.2. The molecule has 0 aliphatic rings. The van der Waals surface area contributed by atoms with Crippen molar-refractivity contribution in [3.05, 3.63) is 65.0 Å². The second kappa shape index (κ2) is 12.6. The molecule has 2 rings (SSSR count). The summed E-state index contributed by atoms with van der Waals surface area (Å²) in [6, 6.07) is 9.23. The standard InChI is InChI=1S/C20H25F3N4O.HI/c1-15-11-25-9-7-18(15)8-10-26-19(24-2)27-12-16-3-5-17(6-4-16)13-28-14-20(21,22)23;/h3-7,9,11H,8,10,12-14H2,1-2H3,(H2,24,26,27);1H. The van der Waals surface area contributed by atoms with E-state index in [4.69, 9.17) is 0 Å². The molecule has 1 heterocycles. The van der Waals surface area contributed by atoms with Crippen LogP contribution >= 0.6 is 24.0 Å². The number of rotatable bonds is 8. The number of aromatic nitrogens is 1. The van der Waals surface area contributed by atoms with Gasteiger partial charge in [0.25, 0.3) is 0 Å². The molecule has 0 atom stereocenters.